The van der Waals surface area contributed by atoms with Crippen LogP contribution >= 0.6 is 0 Å². The number of rotatable bonds is 7. The molecule has 3 aromatic heterocycles. The van der Waals surface area contributed by atoms with Gasteiger partial charge in [-0.1, -0.05) is 13.0 Å². The molecule has 178 valence electrons. The molecule has 0 radical (unpaired) electrons. The SMILES string of the molecule is CC[C@H](C)Oc1nc2nc(C3=CC=C(C)OC3)cn2cc1C(=O)Nc1cccn(C2CC2)c1=O.[HH]. The van der Waals surface area contributed by atoms with Crippen molar-refractivity contribution < 1.29 is 15.7 Å². The van der Waals surface area contributed by atoms with Crippen LogP contribution in [0.2, 0.25) is 0 Å². The number of ether oxygens (including phenoxy) is 2. The van der Waals surface area contributed by atoms with Gasteiger partial charge in [-0.15, -0.1) is 0 Å². The van der Waals surface area contributed by atoms with E-state index in [0.29, 0.717) is 18.1 Å². The summed E-state index contributed by atoms with van der Waals surface area (Å²) in [6.07, 6.45) is 11.6. The number of aromatic nitrogens is 4. The van der Waals surface area contributed by atoms with E-state index in [9.17, 15) is 9.59 Å². The lowest BCUT2D eigenvalue weighted by Crippen LogP contribution is -2.26. The predicted molar refractivity (Wildman–Crippen MR) is 130 cm³/mol. The number of amides is 1. The van der Waals surface area contributed by atoms with Crippen molar-refractivity contribution >= 4 is 22.9 Å². The van der Waals surface area contributed by atoms with Crippen molar-refractivity contribution in [1.29, 1.82) is 0 Å². The second kappa shape index (κ2) is 8.81. The van der Waals surface area contributed by atoms with E-state index >= 15 is 0 Å². The van der Waals surface area contributed by atoms with Gasteiger partial charge in [0.1, 0.15) is 17.9 Å². The second-order valence-electron chi connectivity index (χ2n) is 8.71. The quantitative estimate of drug-likeness (QED) is 0.563. The van der Waals surface area contributed by atoms with Crippen LogP contribution in [0.4, 0.5) is 5.69 Å². The Labute approximate surface area is 198 Å². The Morgan fingerprint density at radius 2 is 2.15 bits per heavy atom. The van der Waals surface area contributed by atoms with Gasteiger partial charge in [0.05, 0.1) is 17.6 Å². The zero-order valence-corrected chi connectivity index (χ0v) is 19.4. The summed E-state index contributed by atoms with van der Waals surface area (Å²) in [4.78, 5) is 35.2. The Morgan fingerprint density at radius 3 is 2.85 bits per heavy atom. The number of pyridine rings is 1. The van der Waals surface area contributed by atoms with Gasteiger partial charge in [0, 0.05) is 31.6 Å². The van der Waals surface area contributed by atoms with Crippen molar-refractivity contribution in [3.63, 3.8) is 0 Å². The maximum Gasteiger partial charge on any atom is 0.274 e. The van der Waals surface area contributed by atoms with Gasteiger partial charge >= 0.3 is 0 Å². The molecule has 1 amide bonds. The van der Waals surface area contributed by atoms with Crippen LogP contribution in [0.3, 0.4) is 0 Å². The average molecular weight is 464 g/mol. The van der Waals surface area contributed by atoms with E-state index in [1.807, 2.05) is 32.9 Å². The van der Waals surface area contributed by atoms with Crippen LogP contribution in [0, 0.1) is 0 Å². The first-order valence-corrected chi connectivity index (χ1v) is 11.5. The highest BCUT2D eigenvalue weighted by Crippen LogP contribution is 2.33. The van der Waals surface area contributed by atoms with Gasteiger partial charge in [-0.05, 0) is 51.3 Å². The van der Waals surface area contributed by atoms with Gasteiger partial charge in [0.15, 0.2) is 0 Å². The van der Waals surface area contributed by atoms with Crippen LogP contribution in [0.1, 0.15) is 63.6 Å². The zero-order chi connectivity index (χ0) is 23.8. The lowest BCUT2D eigenvalue weighted by atomic mass is 10.1. The number of carbonyl (C=O) groups excluding carboxylic acids is 1. The highest BCUT2D eigenvalue weighted by atomic mass is 16.5. The van der Waals surface area contributed by atoms with E-state index in [-0.39, 0.29) is 36.3 Å². The molecule has 1 atom stereocenters. The molecule has 0 spiro atoms. The fourth-order valence-electron chi connectivity index (χ4n) is 3.68. The molecular weight excluding hydrogens is 434 g/mol. The summed E-state index contributed by atoms with van der Waals surface area (Å²) in [5.41, 5.74) is 1.86. The number of carbonyl (C=O) groups is 1. The predicted octanol–water partition coefficient (Wildman–Crippen LogP) is 4.22. The Kier molecular flexibility index (Phi) is 5.69. The number of hydrogen-bond acceptors (Lipinski definition) is 6. The third-order valence-electron chi connectivity index (χ3n) is 6.01. The van der Waals surface area contributed by atoms with Crippen LogP contribution < -0.4 is 15.6 Å². The molecule has 1 N–H and O–H groups in total. The molecule has 0 aromatic carbocycles. The summed E-state index contributed by atoms with van der Waals surface area (Å²) in [6, 6.07) is 3.60. The van der Waals surface area contributed by atoms with Crippen LogP contribution in [-0.2, 0) is 4.74 Å². The van der Waals surface area contributed by atoms with Crippen molar-refractivity contribution in [2.24, 2.45) is 0 Å². The minimum atomic E-state index is -0.465. The smallest absolute Gasteiger partial charge is 0.274 e. The number of anilines is 1. The Hall–Kier alpha value is -3.88. The van der Waals surface area contributed by atoms with Gasteiger partial charge < -0.3 is 19.4 Å². The maximum atomic E-state index is 13.3. The molecule has 1 saturated carbocycles. The Balaban J connectivity index is 0.00000289. The van der Waals surface area contributed by atoms with Gasteiger partial charge in [-0.3, -0.25) is 14.0 Å². The summed E-state index contributed by atoms with van der Waals surface area (Å²) in [5.74, 6) is 0.968. The number of hydrogen-bond donors (Lipinski definition) is 1. The molecule has 34 heavy (non-hydrogen) atoms. The molecule has 4 heterocycles. The molecule has 3 aromatic rings. The topological polar surface area (TPSA) is 99.8 Å². The van der Waals surface area contributed by atoms with Gasteiger partial charge in [-0.2, -0.15) is 4.98 Å². The molecular formula is C25H29N5O4. The van der Waals surface area contributed by atoms with Crippen LogP contribution in [-0.4, -0.2) is 37.6 Å². The van der Waals surface area contributed by atoms with Crippen LogP contribution in [0.5, 0.6) is 5.88 Å². The van der Waals surface area contributed by atoms with Gasteiger partial charge in [0.25, 0.3) is 11.5 Å². The van der Waals surface area contributed by atoms with E-state index < -0.39 is 5.91 Å². The summed E-state index contributed by atoms with van der Waals surface area (Å²) in [7, 11) is 0. The molecule has 1 aliphatic heterocycles. The average Bonchev–Trinajstić information content (AvgIpc) is 3.59. The van der Waals surface area contributed by atoms with Crippen molar-refractivity contribution in [1.82, 2.24) is 18.9 Å². The fraction of sp³-hybridized carbons (Fsp3) is 0.360. The minimum absolute atomic E-state index is 0. The number of nitrogens with one attached hydrogen (secondary N) is 1. The first kappa shape index (κ1) is 21.9. The lowest BCUT2D eigenvalue weighted by Gasteiger charge is -2.15. The van der Waals surface area contributed by atoms with Gasteiger partial charge in [-0.25, -0.2) is 4.98 Å². The molecule has 9 nitrogen and oxygen atoms in total. The van der Waals surface area contributed by atoms with Gasteiger partial charge in [0.2, 0.25) is 11.7 Å². The van der Waals surface area contributed by atoms with Crippen LogP contribution in [0.15, 0.2) is 53.4 Å². The van der Waals surface area contributed by atoms with Crippen LogP contribution in [0.25, 0.3) is 11.4 Å². The number of imidazole rings is 1. The van der Waals surface area contributed by atoms with E-state index in [2.05, 4.69) is 15.3 Å². The monoisotopic (exact) mass is 463 g/mol. The highest BCUT2D eigenvalue weighted by molar-refractivity contribution is 6.05. The molecule has 0 bridgehead atoms. The largest absolute Gasteiger partial charge is 0.493 e. The number of allylic oxidation sites excluding steroid dienone is 3. The first-order valence-electron chi connectivity index (χ1n) is 11.5. The lowest BCUT2D eigenvalue weighted by molar-refractivity contribution is 0.101. The van der Waals surface area contributed by atoms with E-state index in [1.54, 1.807) is 39.7 Å². The maximum absolute atomic E-state index is 13.3. The standard InChI is InChI=1S/C25H27N5O4.H2/c1-4-15(2)34-23-19(22(31)26-20-6-5-11-30(24(20)32)18-9-10-18)12-29-13-21(27-25(29)28-23)17-8-7-16(3)33-14-17;/h5-8,11-13,15,18H,4,9-10,14H2,1-3H3,(H,26,31);1H/t15-;/m0./s1. The molecule has 0 unspecified atom stereocenters. The minimum Gasteiger partial charge on any atom is -0.493 e. The summed E-state index contributed by atoms with van der Waals surface area (Å²) >= 11 is 0. The third-order valence-corrected chi connectivity index (χ3v) is 6.01. The van der Waals surface area contributed by atoms with E-state index in [1.165, 1.54) is 0 Å². The molecule has 5 rings (SSSR count). The van der Waals surface area contributed by atoms with E-state index in [4.69, 9.17) is 9.47 Å². The molecule has 0 saturated heterocycles. The second-order valence-corrected chi connectivity index (χ2v) is 8.71. The fourth-order valence-corrected chi connectivity index (χ4v) is 3.68. The normalized spacial score (nSPS) is 16.4. The Morgan fingerprint density at radius 1 is 1.32 bits per heavy atom. The first-order chi connectivity index (χ1) is 16.4. The molecule has 1 aliphatic carbocycles. The van der Waals surface area contributed by atoms with E-state index in [0.717, 1.165) is 30.6 Å². The van der Waals surface area contributed by atoms with Crippen molar-refractivity contribution in [2.45, 2.75) is 52.2 Å². The highest BCUT2D eigenvalue weighted by Gasteiger charge is 2.26. The Bertz CT molecular complexity index is 1390. The van der Waals surface area contributed by atoms with Crippen molar-refractivity contribution in [2.75, 3.05) is 11.9 Å². The summed E-state index contributed by atoms with van der Waals surface area (Å²) in [5, 5.41) is 2.76. The summed E-state index contributed by atoms with van der Waals surface area (Å²) < 4.78 is 14.9. The van der Waals surface area contributed by atoms with Crippen molar-refractivity contribution in [3.8, 4) is 5.88 Å². The number of nitrogens with zero attached hydrogens (tertiary/aromatic N) is 4. The number of fused-ring (bicyclic) bond motifs is 1. The molecule has 9 heteroatoms. The zero-order valence-electron chi connectivity index (χ0n) is 19.4. The molecule has 2 aliphatic rings. The third kappa shape index (κ3) is 4.33. The van der Waals surface area contributed by atoms with Crippen molar-refractivity contribution in [3.05, 3.63) is 70.2 Å². The molecule has 1 fully saturated rings. The summed E-state index contributed by atoms with van der Waals surface area (Å²) in [6.45, 7) is 6.21.